The van der Waals surface area contributed by atoms with Gasteiger partial charge in [-0.3, -0.25) is 4.90 Å². The molecule has 2 aromatic carbocycles. The van der Waals surface area contributed by atoms with Crippen molar-refractivity contribution < 1.29 is 13.9 Å². The Bertz CT molecular complexity index is 1040. The van der Waals surface area contributed by atoms with Crippen LogP contribution in [0.5, 0.6) is 11.5 Å². The van der Waals surface area contributed by atoms with Crippen molar-refractivity contribution in [3.05, 3.63) is 70.1 Å². The molecule has 0 amide bonds. The largest absolute Gasteiger partial charge is 0.497 e. The molecule has 4 rings (SSSR count). The molecule has 0 bridgehead atoms. The van der Waals surface area contributed by atoms with Crippen molar-refractivity contribution in [2.45, 2.75) is 25.4 Å². The Morgan fingerprint density at radius 3 is 2.40 bits per heavy atom. The fourth-order valence-corrected chi connectivity index (χ4v) is 4.16. The summed E-state index contributed by atoms with van der Waals surface area (Å²) in [6, 6.07) is 15.7. The lowest BCUT2D eigenvalue weighted by Crippen LogP contribution is -2.34. The molecule has 3 aromatic rings. The molecule has 0 unspecified atom stereocenters. The van der Waals surface area contributed by atoms with Crippen molar-refractivity contribution in [1.82, 2.24) is 10.2 Å². The topological polar surface area (TPSA) is 63.9 Å². The van der Waals surface area contributed by atoms with E-state index in [1.54, 1.807) is 26.4 Å². The summed E-state index contributed by atoms with van der Waals surface area (Å²) in [5.41, 5.74) is 2.40. The highest BCUT2D eigenvalue weighted by Crippen LogP contribution is 2.27. The van der Waals surface area contributed by atoms with Crippen LogP contribution in [0.15, 0.2) is 57.7 Å². The van der Waals surface area contributed by atoms with Crippen molar-refractivity contribution in [2.24, 2.45) is 0 Å². The van der Waals surface area contributed by atoms with Crippen LogP contribution in [-0.4, -0.2) is 38.8 Å². The average molecular weight is 408 g/mol. The maximum absolute atomic E-state index is 12.0. The molecule has 1 atom stereocenters. The van der Waals surface area contributed by atoms with E-state index in [4.69, 9.17) is 13.9 Å². The molecular weight excluding hydrogens is 380 g/mol. The second-order valence-electron chi connectivity index (χ2n) is 7.62. The molecule has 6 heteroatoms. The van der Waals surface area contributed by atoms with E-state index in [1.165, 1.54) is 18.4 Å². The van der Waals surface area contributed by atoms with Crippen LogP contribution in [0.4, 0.5) is 0 Å². The summed E-state index contributed by atoms with van der Waals surface area (Å²) in [7, 11) is 3.28. The summed E-state index contributed by atoms with van der Waals surface area (Å²) in [6.45, 7) is 3.60. The van der Waals surface area contributed by atoms with Crippen LogP contribution in [0.3, 0.4) is 0 Å². The Balaban J connectivity index is 1.52. The van der Waals surface area contributed by atoms with Crippen molar-refractivity contribution >= 4 is 11.0 Å². The van der Waals surface area contributed by atoms with E-state index in [2.05, 4.69) is 22.3 Å². The van der Waals surface area contributed by atoms with E-state index in [0.717, 1.165) is 36.3 Å². The van der Waals surface area contributed by atoms with Gasteiger partial charge >= 0.3 is 5.63 Å². The van der Waals surface area contributed by atoms with Gasteiger partial charge in [-0.05, 0) is 61.3 Å². The minimum absolute atomic E-state index is 0.282. The summed E-state index contributed by atoms with van der Waals surface area (Å²) in [4.78, 5) is 14.6. The summed E-state index contributed by atoms with van der Waals surface area (Å²) >= 11 is 0. The SMILES string of the molecule is COc1ccc([C@H](CNCc2cc(=O)oc3cc(OC)ccc23)N2CCCC2)cc1. The molecule has 30 heavy (non-hydrogen) atoms. The number of nitrogens with zero attached hydrogens (tertiary/aromatic N) is 1. The minimum Gasteiger partial charge on any atom is -0.497 e. The number of hydrogen-bond donors (Lipinski definition) is 1. The lowest BCUT2D eigenvalue weighted by molar-refractivity contribution is 0.238. The molecule has 0 radical (unpaired) electrons. The van der Waals surface area contributed by atoms with Gasteiger partial charge in [-0.15, -0.1) is 0 Å². The number of methoxy groups -OCH3 is 2. The van der Waals surface area contributed by atoms with E-state index >= 15 is 0 Å². The molecule has 1 fully saturated rings. The zero-order chi connectivity index (χ0) is 20.9. The lowest BCUT2D eigenvalue weighted by atomic mass is 10.0. The van der Waals surface area contributed by atoms with Crippen molar-refractivity contribution in [2.75, 3.05) is 33.9 Å². The van der Waals surface area contributed by atoms with E-state index in [1.807, 2.05) is 24.3 Å². The number of fused-ring (bicyclic) bond motifs is 1. The first-order valence-corrected chi connectivity index (χ1v) is 10.4. The minimum atomic E-state index is -0.348. The number of ether oxygens (including phenoxy) is 2. The average Bonchev–Trinajstić information content (AvgIpc) is 3.30. The van der Waals surface area contributed by atoms with Crippen LogP contribution in [0.1, 0.15) is 30.0 Å². The second kappa shape index (κ2) is 9.32. The summed E-state index contributed by atoms with van der Waals surface area (Å²) < 4.78 is 15.9. The Kier molecular flexibility index (Phi) is 6.35. The van der Waals surface area contributed by atoms with Gasteiger partial charge in [0.15, 0.2) is 0 Å². The zero-order valence-corrected chi connectivity index (χ0v) is 17.5. The monoisotopic (exact) mass is 408 g/mol. The Morgan fingerprint density at radius 2 is 1.70 bits per heavy atom. The van der Waals surface area contributed by atoms with Gasteiger partial charge in [-0.25, -0.2) is 4.79 Å². The van der Waals surface area contributed by atoms with E-state index < -0.39 is 0 Å². The van der Waals surface area contributed by atoms with E-state index in [0.29, 0.717) is 17.9 Å². The highest BCUT2D eigenvalue weighted by Gasteiger charge is 2.23. The molecule has 0 spiro atoms. The zero-order valence-electron chi connectivity index (χ0n) is 17.5. The number of benzene rings is 2. The predicted octanol–water partition coefficient (Wildman–Crippen LogP) is 3.74. The van der Waals surface area contributed by atoms with Gasteiger partial charge in [-0.2, -0.15) is 0 Å². The van der Waals surface area contributed by atoms with Gasteiger partial charge in [-0.1, -0.05) is 12.1 Å². The molecule has 1 N–H and O–H groups in total. The van der Waals surface area contributed by atoms with Crippen LogP contribution in [0, 0.1) is 0 Å². The lowest BCUT2D eigenvalue weighted by Gasteiger charge is -2.28. The third kappa shape index (κ3) is 4.50. The van der Waals surface area contributed by atoms with Crippen LogP contribution >= 0.6 is 0 Å². The fraction of sp³-hybridized carbons (Fsp3) is 0.375. The summed E-state index contributed by atoms with van der Waals surface area (Å²) in [6.07, 6.45) is 2.47. The molecular formula is C24H28N2O4. The number of nitrogens with one attached hydrogen (secondary N) is 1. The van der Waals surface area contributed by atoms with Crippen LogP contribution in [0.25, 0.3) is 11.0 Å². The third-order valence-corrected chi connectivity index (χ3v) is 5.77. The Hall–Kier alpha value is -2.83. The Morgan fingerprint density at radius 1 is 1.00 bits per heavy atom. The number of hydrogen-bond acceptors (Lipinski definition) is 6. The van der Waals surface area contributed by atoms with Gasteiger partial charge in [0, 0.05) is 36.7 Å². The van der Waals surface area contributed by atoms with Crippen molar-refractivity contribution in [1.29, 1.82) is 0 Å². The molecule has 1 aliphatic heterocycles. The molecule has 0 aliphatic carbocycles. The van der Waals surface area contributed by atoms with Gasteiger partial charge in [0.05, 0.1) is 14.2 Å². The van der Waals surface area contributed by atoms with Crippen LogP contribution in [0.2, 0.25) is 0 Å². The van der Waals surface area contributed by atoms with Gasteiger partial charge < -0.3 is 19.2 Å². The molecule has 1 aromatic heterocycles. The predicted molar refractivity (Wildman–Crippen MR) is 117 cm³/mol. The van der Waals surface area contributed by atoms with Crippen molar-refractivity contribution in [3.8, 4) is 11.5 Å². The first-order chi connectivity index (χ1) is 14.7. The maximum Gasteiger partial charge on any atom is 0.336 e. The van der Waals surface area contributed by atoms with Crippen molar-refractivity contribution in [3.63, 3.8) is 0 Å². The summed E-state index contributed by atoms with van der Waals surface area (Å²) in [5.74, 6) is 1.54. The highest BCUT2D eigenvalue weighted by atomic mass is 16.5. The third-order valence-electron chi connectivity index (χ3n) is 5.77. The maximum atomic E-state index is 12.0. The van der Waals surface area contributed by atoms with Gasteiger partial charge in [0.25, 0.3) is 0 Å². The standard InChI is InChI=1S/C24H28N2O4/c1-28-19-7-5-17(6-8-19)22(26-11-3-4-12-26)16-25-15-18-13-24(27)30-23-14-20(29-2)9-10-21(18)23/h5-10,13-14,22,25H,3-4,11-12,15-16H2,1-2H3/t22-/m0/s1. The first kappa shape index (κ1) is 20.4. The highest BCUT2D eigenvalue weighted by molar-refractivity contribution is 5.81. The number of likely N-dealkylation sites (tertiary alicyclic amines) is 1. The Labute approximate surface area is 176 Å². The number of rotatable bonds is 8. The molecule has 6 nitrogen and oxygen atoms in total. The van der Waals surface area contributed by atoms with E-state index in [-0.39, 0.29) is 11.7 Å². The van der Waals surface area contributed by atoms with Crippen LogP contribution in [-0.2, 0) is 6.54 Å². The molecule has 0 saturated carbocycles. The fourth-order valence-electron chi connectivity index (χ4n) is 4.16. The second-order valence-corrected chi connectivity index (χ2v) is 7.62. The van der Waals surface area contributed by atoms with Crippen LogP contribution < -0.4 is 20.4 Å². The molecule has 1 aliphatic rings. The van der Waals surface area contributed by atoms with Gasteiger partial charge in [0.1, 0.15) is 17.1 Å². The summed E-state index contributed by atoms with van der Waals surface area (Å²) in [5, 5.41) is 4.49. The molecule has 1 saturated heterocycles. The normalized spacial score (nSPS) is 15.4. The van der Waals surface area contributed by atoms with Gasteiger partial charge in [0.2, 0.25) is 0 Å². The quantitative estimate of drug-likeness (QED) is 0.573. The molecule has 158 valence electrons. The van der Waals surface area contributed by atoms with E-state index in [9.17, 15) is 4.79 Å². The molecule has 2 heterocycles. The smallest absolute Gasteiger partial charge is 0.336 e. The first-order valence-electron chi connectivity index (χ1n) is 10.4.